The standard InChI is InChI=1S/C15H23N3O2/c16-12-8-11(9-13(17)10-12)15(20)18(6-7-19)14-4-2-1-3-5-14/h8-10,14,19H,1-7,16-17H2. The molecule has 0 aliphatic heterocycles. The van der Waals surface area contributed by atoms with Gasteiger partial charge in [0.05, 0.1) is 6.61 Å². The molecule has 0 radical (unpaired) electrons. The summed E-state index contributed by atoms with van der Waals surface area (Å²) in [6.45, 7) is 0.332. The summed E-state index contributed by atoms with van der Waals surface area (Å²) in [5.74, 6) is -0.0926. The predicted octanol–water partition coefficient (Wildman–Crippen LogP) is 1.62. The molecule has 0 heterocycles. The van der Waals surface area contributed by atoms with Gasteiger partial charge in [0, 0.05) is 29.5 Å². The average molecular weight is 277 g/mol. The highest BCUT2D eigenvalue weighted by atomic mass is 16.3. The fraction of sp³-hybridized carbons (Fsp3) is 0.533. The number of benzene rings is 1. The number of nitrogen functional groups attached to an aromatic ring is 2. The highest BCUT2D eigenvalue weighted by Gasteiger charge is 2.26. The van der Waals surface area contributed by atoms with Crippen LogP contribution in [-0.2, 0) is 0 Å². The first-order valence-electron chi connectivity index (χ1n) is 7.19. The molecule has 1 amide bonds. The summed E-state index contributed by atoms with van der Waals surface area (Å²) in [5.41, 5.74) is 13.0. The van der Waals surface area contributed by atoms with E-state index in [1.807, 2.05) is 0 Å². The second kappa shape index (κ2) is 6.61. The quantitative estimate of drug-likeness (QED) is 0.729. The van der Waals surface area contributed by atoms with Gasteiger partial charge in [0.15, 0.2) is 0 Å². The summed E-state index contributed by atoms with van der Waals surface area (Å²) < 4.78 is 0. The Bertz CT molecular complexity index is 450. The van der Waals surface area contributed by atoms with Gasteiger partial charge in [-0.05, 0) is 31.0 Å². The minimum atomic E-state index is -0.0926. The predicted molar refractivity (Wildman–Crippen MR) is 80.3 cm³/mol. The van der Waals surface area contributed by atoms with Crippen molar-refractivity contribution in [3.8, 4) is 0 Å². The number of carbonyl (C=O) groups is 1. The first-order chi connectivity index (χ1) is 9.61. The van der Waals surface area contributed by atoms with E-state index in [1.165, 1.54) is 6.42 Å². The van der Waals surface area contributed by atoms with Crippen LogP contribution in [0.3, 0.4) is 0 Å². The Labute approximate surface area is 119 Å². The minimum absolute atomic E-state index is 0.0277. The Balaban J connectivity index is 2.20. The molecule has 1 aromatic carbocycles. The molecule has 1 saturated carbocycles. The molecule has 0 bridgehead atoms. The zero-order valence-corrected chi connectivity index (χ0v) is 11.7. The van der Waals surface area contributed by atoms with Crippen LogP contribution in [0.25, 0.3) is 0 Å². The monoisotopic (exact) mass is 277 g/mol. The van der Waals surface area contributed by atoms with Crippen LogP contribution in [-0.4, -0.2) is 35.1 Å². The molecule has 0 atom stereocenters. The Morgan fingerprint density at radius 2 is 1.75 bits per heavy atom. The van der Waals surface area contributed by atoms with Crippen LogP contribution in [0.1, 0.15) is 42.5 Å². The van der Waals surface area contributed by atoms with Crippen LogP contribution in [0.4, 0.5) is 11.4 Å². The van der Waals surface area contributed by atoms with Crippen LogP contribution in [0, 0.1) is 0 Å². The van der Waals surface area contributed by atoms with E-state index >= 15 is 0 Å². The maximum absolute atomic E-state index is 12.6. The molecule has 1 aliphatic rings. The summed E-state index contributed by atoms with van der Waals surface area (Å²) in [6.07, 6.45) is 5.51. The van der Waals surface area contributed by atoms with E-state index in [0.29, 0.717) is 23.5 Å². The molecule has 0 unspecified atom stereocenters. The fourth-order valence-electron chi connectivity index (χ4n) is 2.92. The van der Waals surface area contributed by atoms with Gasteiger partial charge in [-0.25, -0.2) is 0 Å². The molecular formula is C15H23N3O2. The lowest BCUT2D eigenvalue weighted by molar-refractivity contribution is 0.0585. The third kappa shape index (κ3) is 3.42. The van der Waals surface area contributed by atoms with Gasteiger partial charge in [0.2, 0.25) is 0 Å². The van der Waals surface area contributed by atoms with Gasteiger partial charge in [-0.3, -0.25) is 4.79 Å². The number of aliphatic hydroxyl groups excluding tert-OH is 1. The van der Waals surface area contributed by atoms with E-state index in [-0.39, 0.29) is 18.6 Å². The number of rotatable bonds is 4. The molecular weight excluding hydrogens is 254 g/mol. The number of hydrogen-bond acceptors (Lipinski definition) is 4. The molecule has 1 fully saturated rings. The topological polar surface area (TPSA) is 92.6 Å². The Hall–Kier alpha value is -1.75. The highest BCUT2D eigenvalue weighted by Crippen LogP contribution is 2.25. The van der Waals surface area contributed by atoms with Crippen molar-refractivity contribution < 1.29 is 9.90 Å². The molecule has 1 aromatic rings. The van der Waals surface area contributed by atoms with Crippen LogP contribution in [0.2, 0.25) is 0 Å². The molecule has 5 heteroatoms. The third-order valence-corrected chi connectivity index (χ3v) is 3.84. The lowest BCUT2D eigenvalue weighted by Crippen LogP contribution is -2.43. The molecule has 20 heavy (non-hydrogen) atoms. The summed E-state index contributed by atoms with van der Waals surface area (Å²) in [4.78, 5) is 14.4. The number of hydrogen-bond donors (Lipinski definition) is 3. The van der Waals surface area contributed by atoms with E-state index in [9.17, 15) is 9.90 Å². The fourth-order valence-corrected chi connectivity index (χ4v) is 2.92. The number of anilines is 2. The van der Waals surface area contributed by atoms with E-state index in [4.69, 9.17) is 11.5 Å². The van der Waals surface area contributed by atoms with Gasteiger partial charge in [-0.15, -0.1) is 0 Å². The highest BCUT2D eigenvalue weighted by molar-refractivity contribution is 5.96. The van der Waals surface area contributed by atoms with E-state index in [1.54, 1.807) is 23.1 Å². The summed E-state index contributed by atoms with van der Waals surface area (Å²) in [7, 11) is 0. The van der Waals surface area contributed by atoms with Gasteiger partial charge in [0.1, 0.15) is 0 Å². The van der Waals surface area contributed by atoms with E-state index in [2.05, 4.69) is 0 Å². The summed E-state index contributed by atoms with van der Waals surface area (Å²) >= 11 is 0. The second-order valence-corrected chi connectivity index (χ2v) is 5.40. The van der Waals surface area contributed by atoms with Gasteiger partial charge < -0.3 is 21.5 Å². The molecule has 1 aliphatic carbocycles. The molecule has 0 spiro atoms. The maximum atomic E-state index is 12.6. The van der Waals surface area contributed by atoms with Crippen molar-refractivity contribution in [2.45, 2.75) is 38.1 Å². The summed E-state index contributed by atoms with van der Waals surface area (Å²) in [5, 5.41) is 9.23. The average Bonchev–Trinajstić information content (AvgIpc) is 2.44. The van der Waals surface area contributed by atoms with Gasteiger partial charge in [-0.2, -0.15) is 0 Å². The zero-order valence-electron chi connectivity index (χ0n) is 11.7. The number of amides is 1. The van der Waals surface area contributed by atoms with Crippen LogP contribution in [0.5, 0.6) is 0 Å². The second-order valence-electron chi connectivity index (χ2n) is 5.40. The first-order valence-corrected chi connectivity index (χ1v) is 7.19. The third-order valence-electron chi connectivity index (χ3n) is 3.84. The molecule has 5 nitrogen and oxygen atoms in total. The number of carbonyl (C=O) groups excluding carboxylic acids is 1. The van der Waals surface area contributed by atoms with Crippen molar-refractivity contribution in [2.75, 3.05) is 24.6 Å². The normalized spacial score (nSPS) is 16.1. The molecule has 110 valence electrons. The Kier molecular flexibility index (Phi) is 4.84. The van der Waals surface area contributed by atoms with Gasteiger partial charge in [0.25, 0.3) is 5.91 Å². The van der Waals surface area contributed by atoms with Crippen LogP contribution >= 0.6 is 0 Å². The van der Waals surface area contributed by atoms with E-state index in [0.717, 1.165) is 25.7 Å². The largest absolute Gasteiger partial charge is 0.399 e. The smallest absolute Gasteiger partial charge is 0.254 e. The first kappa shape index (κ1) is 14.7. The minimum Gasteiger partial charge on any atom is -0.399 e. The van der Waals surface area contributed by atoms with Crippen LogP contribution < -0.4 is 11.5 Å². The number of aliphatic hydroxyl groups is 1. The van der Waals surface area contributed by atoms with Crippen molar-refractivity contribution in [2.24, 2.45) is 0 Å². The van der Waals surface area contributed by atoms with Crippen molar-refractivity contribution in [3.05, 3.63) is 23.8 Å². The number of nitrogens with zero attached hydrogens (tertiary/aromatic N) is 1. The van der Waals surface area contributed by atoms with Crippen molar-refractivity contribution in [1.29, 1.82) is 0 Å². The molecule has 0 saturated heterocycles. The SMILES string of the molecule is Nc1cc(N)cc(C(=O)N(CCO)C2CCCCC2)c1. The summed E-state index contributed by atoms with van der Waals surface area (Å²) in [6, 6.07) is 5.14. The Morgan fingerprint density at radius 1 is 1.15 bits per heavy atom. The lowest BCUT2D eigenvalue weighted by Gasteiger charge is -2.34. The zero-order chi connectivity index (χ0) is 14.5. The van der Waals surface area contributed by atoms with Gasteiger partial charge in [-0.1, -0.05) is 19.3 Å². The van der Waals surface area contributed by atoms with E-state index < -0.39 is 0 Å². The molecule has 5 N–H and O–H groups in total. The lowest BCUT2D eigenvalue weighted by atomic mass is 9.93. The van der Waals surface area contributed by atoms with Crippen molar-refractivity contribution in [3.63, 3.8) is 0 Å². The van der Waals surface area contributed by atoms with Crippen molar-refractivity contribution in [1.82, 2.24) is 4.90 Å². The Morgan fingerprint density at radius 3 is 2.30 bits per heavy atom. The molecule has 2 rings (SSSR count). The maximum Gasteiger partial charge on any atom is 0.254 e. The molecule has 0 aromatic heterocycles. The van der Waals surface area contributed by atoms with Gasteiger partial charge >= 0.3 is 0 Å². The number of nitrogens with two attached hydrogens (primary N) is 2. The van der Waals surface area contributed by atoms with Crippen LogP contribution in [0.15, 0.2) is 18.2 Å². The van der Waals surface area contributed by atoms with Crippen molar-refractivity contribution >= 4 is 17.3 Å².